The molecule has 5 heteroatoms. The van der Waals surface area contributed by atoms with Crippen LogP contribution in [-0.4, -0.2) is 34.2 Å². The van der Waals surface area contributed by atoms with Crippen LogP contribution in [0.15, 0.2) is 41.5 Å². The molecule has 1 aromatic heterocycles. The van der Waals surface area contributed by atoms with E-state index in [4.69, 9.17) is 5.73 Å². The average molecular weight is 314 g/mol. The molecule has 2 atom stereocenters. The summed E-state index contributed by atoms with van der Waals surface area (Å²) in [6.45, 7) is 5.83. The van der Waals surface area contributed by atoms with Gasteiger partial charge in [-0.3, -0.25) is 14.0 Å². The van der Waals surface area contributed by atoms with Crippen molar-refractivity contribution in [2.24, 2.45) is 11.7 Å². The highest BCUT2D eigenvalue weighted by molar-refractivity contribution is 5.36. The lowest BCUT2D eigenvalue weighted by molar-refractivity contribution is 0.313. The van der Waals surface area contributed by atoms with E-state index in [2.05, 4.69) is 24.1 Å². The molecular weight excluding hydrogens is 288 g/mol. The van der Waals surface area contributed by atoms with E-state index in [1.165, 1.54) is 5.56 Å². The number of nitrogens with zero attached hydrogens (tertiary/aromatic N) is 3. The first-order chi connectivity index (χ1) is 11.0. The summed E-state index contributed by atoms with van der Waals surface area (Å²) in [5.41, 5.74) is 8.03. The lowest BCUT2D eigenvalue weighted by atomic mass is 10.00. The van der Waals surface area contributed by atoms with Crippen LogP contribution >= 0.6 is 0 Å². The van der Waals surface area contributed by atoms with Gasteiger partial charge in [0.05, 0.1) is 5.69 Å². The zero-order valence-electron chi connectivity index (χ0n) is 14.1. The Kier molecular flexibility index (Phi) is 4.41. The van der Waals surface area contributed by atoms with E-state index in [0.29, 0.717) is 12.0 Å². The maximum atomic E-state index is 12.4. The Labute approximate surface area is 137 Å². The quantitative estimate of drug-likeness (QED) is 0.941. The van der Waals surface area contributed by atoms with Crippen molar-refractivity contribution in [3.63, 3.8) is 0 Å². The molecule has 2 unspecified atom stereocenters. The third-order valence-electron chi connectivity index (χ3n) is 4.88. The van der Waals surface area contributed by atoms with Crippen LogP contribution in [-0.2, 0) is 0 Å². The number of nitrogens with two attached hydrogens (primary N) is 1. The Morgan fingerprint density at radius 3 is 2.43 bits per heavy atom. The van der Waals surface area contributed by atoms with Crippen LogP contribution in [0.3, 0.4) is 0 Å². The van der Waals surface area contributed by atoms with Crippen LogP contribution in [0, 0.1) is 5.92 Å². The molecule has 1 aliphatic rings. The first kappa shape index (κ1) is 16.0. The second-order valence-corrected chi connectivity index (χ2v) is 6.84. The zero-order valence-corrected chi connectivity index (χ0v) is 14.1. The monoisotopic (exact) mass is 314 g/mol. The molecule has 0 saturated carbocycles. The summed E-state index contributed by atoms with van der Waals surface area (Å²) < 4.78 is 3.44. The Bertz CT molecular complexity index is 713. The van der Waals surface area contributed by atoms with Crippen LogP contribution in [0.25, 0.3) is 5.69 Å². The molecule has 2 aromatic rings. The van der Waals surface area contributed by atoms with Crippen molar-refractivity contribution < 1.29 is 0 Å². The van der Waals surface area contributed by atoms with Gasteiger partial charge in [-0.05, 0) is 57.5 Å². The SMILES string of the molecule is CC(C)n1ccn(-c2ccc(C3CC(CN)CN3C)cc2)c1=O. The van der Waals surface area contributed by atoms with Crippen molar-refractivity contribution in [3.8, 4) is 5.69 Å². The molecular formula is C18H26N4O. The summed E-state index contributed by atoms with van der Waals surface area (Å²) in [5, 5.41) is 0. The minimum absolute atomic E-state index is 0.00827. The largest absolute Gasteiger partial charge is 0.332 e. The normalized spacial score (nSPS) is 22.1. The summed E-state index contributed by atoms with van der Waals surface area (Å²) >= 11 is 0. The third-order valence-corrected chi connectivity index (χ3v) is 4.88. The number of likely N-dealkylation sites (tertiary alicyclic amines) is 1. The maximum absolute atomic E-state index is 12.4. The number of hydrogen-bond acceptors (Lipinski definition) is 3. The van der Waals surface area contributed by atoms with E-state index in [0.717, 1.165) is 25.2 Å². The molecule has 0 amide bonds. The maximum Gasteiger partial charge on any atom is 0.332 e. The number of rotatable bonds is 4. The predicted octanol–water partition coefficient (Wildman–Crippen LogP) is 2.17. The highest BCUT2D eigenvalue weighted by Crippen LogP contribution is 2.33. The van der Waals surface area contributed by atoms with Crippen LogP contribution in [0.2, 0.25) is 0 Å². The van der Waals surface area contributed by atoms with Gasteiger partial charge in [0.1, 0.15) is 0 Å². The summed E-state index contributed by atoms with van der Waals surface area (Å²) in [6, 6.07) is 8.93. The molecule has 1 aromatic carbocycles. The molecule has 0 bridgehead atoms. The van der Waals surface area contributed by atoms with E-state index < -0.39 is 0 Å². The molecule has 2 N–H and O–H groups in total. The van der Waals surface area contributed by atoms with Crippen molar-refractivity contribution in [1.82, 2.24) is 14.0 Å². The fourth-order valence-corrected chi connectivity index (χ4v) is 3.50. The van der Waals surface area contributed by atoms with Gasteiger partial charge in [-0.15, -0.1) is 0 Å². The smallest absolute Gasteiger partial charge is 0.330 e. The van der Waals surface area contributed by atoms with Crippen LogP contribution < -0.4 is 11.4 Å². The van der Waals surface area contributed by atoms with Gasteiger partial charge in [-0.25, -0.2) is 4.79 Å². The summed E-state index contributed by atoms with van der Waals surface area (Å²) in [5.74, 6) is 0.576. The van der Waals surface area contributed by atoms with Crippen LogP contribution in [0.5, 0.6) is 0 Å². The zero-order chi connectivity index (χ0) is 16.6. The molecule has 5 nitrogen and oxygen atoms in total. The number of hydrogen-bond donors (Lipinski definition) is 1. The second-order valence-electron chi connectivity index (χ2n) is 6.84. The van der Waals surface area contributed by atoms with Gasteiger partial charge >= 0.3 is 5.69 Å². The Balaban J connectivity index is 1.84. The number of benzene rings is 1. The second kappa shape index (κ2) is 6.34. The molecule has 1 saturated heterocycles. The molecule has 0 aliphatic carbocycles. The Morgan fingerprint density at radius 1 is 1.22 bits per heavy atom. The van der Waals surface area contributed by atoms with Crippen molar-refractivity contribution in [2.45, 2.75) is 32.4 Å². The van der Waals surface area contributed by atoms with E-state index in [1.54, 1.807) is 9.13 Å². The van der Waals surface area contributed by atoms with Gasteiger partial charge in [0, 0.05) is 31.0 Å². The highest BCUT2D eigenvalue weighted by Gasteiger charge is 2.29. The molecule has 1 fully saturated rings. The van der Waals surface area contributed by atoms with Gasteiger partial charge in [-0.1, -0.05) is 12.1 Å². The summed E-state index contributed by atoms with van der Waals surface area (Å²) in [4.78, 5) is 14.8. The summed E-state index contributed by atoms with van der Waals surface area (Å²) in [7, 11) is 2.15. The van der Waals surface area contributed by atoms with Gasteiger partial charge < -0.3 is 5.73 Å². The van der Waals surface area contributed by atoms with Gasteiger partial charge in [-0.2, -0.15) is 0 Å². The lowest BCUT2D eigenvalue weighted by Gasteiger charge is -2.19. The standard InChI is InChI=1S/C18H26N4O/c1-13(2)21-8-9-22(18(21)23)16-6-4-15(5-7-16)17-10-14(11-19)12-20(17)3/h4-9,13-14,17H,10-12,19H2,1-3H3. The van der Waals surface area contributed by atoms with Crippen LogP contribution in [0.4, 0.5) is 0 Å². The van der Waals surface area contributed by atoms with Crippen LogP contribution in [0.1, 0.15) is 37.9 Å². The predicted molar refractivity (Wildman–Crippen MR) is 92.9 cm³/mol. The Morgan fingerprint density at radius 2 is 1.91 bits per heavy atom. The first-order valence-corrected chi connectivity index (χ1v) is 8.31. The lowest BCUT2D eigenvalue weighted by Crippen LogP contribution is -2.24. The Hall–Kier alpha value is -1.85. The molecule has 3 rings (SSSR count). The molecule has 2 heterocycles. The van der Waals surface area contributed by atoms with Crippen molar-refractivity contribution in [3.05, 3.63) is 52.7 Å². The number of aromatic nitrogens is 2. The van der Waals surface area contributed by atoms with Crippen molar-refractivity contribution in [2.75, 3.05) is 20.1 Å². The van der Waals surface area contributed by atoms with Crippen molar-refractivity contribution >= 4 is 0 Å². The third kappa shape index (κ3) is 2.99. The highest BCUT2D eigenvalue weighted by atomic mass is 16.1. The van der Waals surface area contributed by atoms with Gasteiger partial charge in [0.2, 0.25) is 0 Å². The molecule has 124 valence electrons. The fourth-order valence-electron chi connectivity index (χ4n) is 3.50. The topological polar surface area (TPSA) is 56.2 Å². The van der Waals surface area contributed by atoms with E-state index in [1.807, 2.05) is 38.4 Å². The van der Waals surface area contributed by atoms with Gasteiger partial charge in [0.15, 0.2) is 0 Å². The van der Waals surface area contributed by atoms with E-state index >= 15 is 0 Å². The molecule has 0 spiro atoms. The molecule has 23 heavy (non-hydrogen) atoms. The average Bonchev–Trinajstić information content (AvgIpc) is 3.10. The minimum Gasteiger partial charge on any atom is -0.330 e. The molecule has 0 radical (unpaired) electrons. The van der Waals surface area contributed by atoms with E-state index in [9.17, 15) is 4.79 Å². The first-order valence-electron chi connectivity index (χ1n) is 8.31. The minimum atomic E-state index is 0.00827. The van der Waals surface area contributed by atoms with E-state index in [-0.39, 0.29) is 11.7 Å². The van der Waals surface area contributed by atoms with Gasteiger partial charge in [0.25, 0.3) is 0 Å². The molecule has 1 aliphatic heterocycles. The van der Waals surface area contributed by atoms with Crippen molar-refractivity contribution in [1.29, 1.82) is 0 Å². The number of imidazole rings is 1. The fraction of sp³-hybridized carbons (Fsp3) is 0.500. The summed E-state index contributed by atoms with van der Waals surface area (Å²) in [6.07, 6.45) is 4.79.